The molecular formula is C9H17NO3S. The molecular weight excluding hydrogens is 202 g/mol. The molecule has 4 nitrogen and oxygen atoms in total. The minimum atomic E-state index is -3.17. The minimum absolute atomic E-state index is 0.0383. The van der Waals surface area contributed by atoms with Gasteiger partial charge in [0.05, 0.1) is 12.3 Å². The lowest BCUT2D eigenvalue weighted by Gasteiger charge is -2.24. The Labute approximate surface area is 85.3 Å². The molecule has 1 saturated heterocycles. The first-order valence-corrected chi connectivity index (χ1v) is 6.66. The van der Waals surface area contributed by atoms with Crippen LogP contribution in [-0.4, -0.2) is 37.3 Å². The summed E-state index contributed by atoms with van der Waals surface area (Å²) in [6, 6.07) is 0. The second-order valence-corrected chi connectivity index (χ2v) is 5.73. The van der Waals surface area contributed by atoms with Gasteiger partial charge in [-0.05, 0) is 12.8 Å². The van der Waals surface area contributed by atoms with Crippen molar-refractivity contribution in [2.24, 2.45) is 0 Å². The van der Waals surface area contributed by atoms with Gasteiger partial charge in [-0.15, -0.1) is 0 Å². The van der Waals surface area contributed by atoms with E-state index in [2.05, 4.69) is 0 Å². The van der Waals surface area contributed by atoms with E-state index in [4.69, 9.17) is 0 Å². The monoisotopic (exact) mass is 219 g/mol. The van der Waals surface area contributed by atoms with Gasteiger partial charge in [-0.25, -0.2) is 8.42 Å². The van der Waals surface area contributed by atoms with Crippen molar-refractivity contribution in [1.82, 2.24) is 4.31 Å². The average molecular weight is 219 g/mol. The highest BCUT2D eigenvalue weighted by atomic mass is 32.2. The van der Waals surface area contributed by atoms with Crippen molar-refractivity contribution in [2.75, 3.05) is 18.8 Å². The maximum atomic E-state index is 11.7. The fourth-order valence-corrected chi connectivity index (χ4v) is 3.16. The number of carbonyl (C=O) groups excluding carboxylic acids is 1. The van der Waals surface area contributed by atoms with Crippen molar-refractivity contribution >= 4 is 15.8 Å². The number of hydrogen-bond acceptors (Lipinski definition) is 3. The Hall–Kier alpha value is -0.420. The third kappa shape index (κ3) is 3.06. The number of Topliss-reactive ketones (excluding diaryl/α,β-unsaturated/α-hetero) is 1. The fourth-order valence-electron chi connectivity index (χ4n) is 1.50. The standard InChI is InChI=1S/C9H17NO3S/c1-2-3-7-14(12,13)10-6-4-5-9(11)8-10/h2-8H2,1H3. The van der Waals surface area contributed by atoms with Crippen molar-refractivity contribution in [3.8, 4) is 0 Å². The van der Waals surface area contributed by atoms with Crippen LogP contribution in [0.2, 0.25) is 0 Å². The van der Waals surface area contributed by atoms with Crippen LogP contribution in [0.3, 0.4) is 0 Å². The van der Waals surface area contributed by atoms with Crippen LogP contribution < -0.4 is 0 Å². The Balaban J connectivity index is 2.57. The zero-order chi connectivity index (χ0) is 10.6. The molecule has 0 radical (unpaired) electrons. The van der Waals surface area contributed by atoms with Gasteiger partial charge >= 0.3 is 0 Å². The van der Waals surface area contributed by atoms with Gasteiger partial charge in [0.15, 0.2) is 0 Å². The fraction of sp³-hybridized carbons (Fsp3) is 0.889. The molecule has 0 spiro atoms. The molecule has 1 aliphatic heterocycles. The average Bonchev–Trinajstić information content (AvgIpc) is 2.15. The van der Waals surface area contributed by atoms with Crippen molar-refractivity contribution in [1.29, 1.82) is 0 Å². The molecule has 1 rings (SSSR count). The summed E-state index contributed by atoms with van der Waals surface area (Å²) in [5, 5.41) is 0. The molecule has 0 atom stereocenters. The first kappa shape index (κ1) is 11.7. The molecule has 0 saturated carbocycles. The van der Waals surface area contributed by atoms with Gasteiger partial charge in [0, 0.05) is 13.0 Å². The zero-order valence-corrected chi connectivity index (χ0v) is 9.35. The topological polar surface area (TPSA) is 54.5 Å². The molecule has 0 N–H and O–H groups in total. The lowest BCUT2D eigenvalue weighted by Crippen LogP contribution is -2.41. The Morgan fingerprint density at radius 1 is 1.43 bits per heavy atom. The number of piperidine rings is 1. The van der Waals surface area contributed by atoms with Crippen LogP contribution in [0.5, 0.6) is 0 Å². The quantitative estimate of drug-likeness (QED) is 0.702. The lowest BCUT2D eigenvalue weighted by atomic mass is 10.1. The number of unbranched alkanes of at least 4 members (excludes halogenated alkanes) is 1. The third-order valence-corrected chi connectivity index (χ3v) is 4.27. The highest BCUT2D eigenvalue weighted by Gasteiger charge is 2.26. The van der Waals surface area contributed by atoms with Crippen LogP contribution in [0.1, 0.15) is 32.6 Å². The van der Waals surface area contributed by atoms with Gasteiger partial charge in [-0.3, -0.25) is 4.79 Å². The van der Waals surface area contributed by atoms with E-state index < -0.39 is 10.0 Å². The highest BCUT2D eigenvalue weighted by molar-refractivity contribution is 7.89. The van der Waals surface area contributed by atoms with Crippen LogP contribution >= 0.6 is 0 Å². The van der Waals surface area contributed by atoms with Crippen molar-refractivity contribution in [3.63, 3.8) is 0 Å². The van der Waals surface area contributed by atoms with Gasteiger partial charge in [0.25, 0.3) is 0 Å². The minimum Gasteiger partial charge on any atom is -0.298 e. The van der Waals surface area contributed by atoms with Gasteiger partial charge in [-0.1, -0.05) is 13.3 Å². The number of sulfonamides is 1. The summed E-state index contributed by atoms with van der Waals surface area (Å²) in [6.45, 7) is 2.56. The van der Waals surface area contributed by atoms with Crippen LogP contribution in [0, 0.1) is 0 Å². The number of rotatable bonds is 4. The summed E-state index contributed by atoms with van der Waals surface area (Å²) >= 11 is 0. The van der Waals surface area contributed by atoms with Crippen LogP contribution in [0.4, 0.5) is 0 Å². The molecule has 14 heavy (non-hydrogen) atoms. The van der Waals surface area contributed by atoms with Gasteiger partial charge < -0.3 is 0 Å². The van der Waals surface area contributed by atoms with E-state index in [1.165, 1.54) is 4.31 Å². The molecule has 0 aromatic heterocycles. The van der Waals surface area contributed by atoms with E-state index in [1.807, 2.05) is 6.92 Å². The van der Waals surface area contributed by atoms with Crippen molar-refractivity contribution in [3.05, 3.63) is 0 Å². The smallest absolute Gasteiger partial charge is 0.214 e. The Bertz CT molecular complexity index is 297. The predicted octanol–water partition coefficient (Wildman–Crippen LogP) is 0.781. The molecule has 1 heterocycles. The normalized spacial score (nSPS) is 19.9. The maximum Gasteiger partial charge on any atom is 0.214 e. The molecule has 5 heteroatoms. The Kier molecular flexibility index (Phi) is 4.07. The first-order valence-electron chi connectivity index (χ1n) is 5.06. The van der Waals surface area contributed by atoms with Gasteiger partial charge in [0.2, 0.25) is 10.0 Å². The molecule has 0 unspecified atom stereocenters. The number of ketones is 1. The highest BCUT2D eigenvalue weighted by Crippen LogP contribution is 2.12. The molecule has 1 aliphatic rings. The van der Waals surface area contributed by atoms with E-state index in [1.54, 1.807) is 0 Å². The van der Waals surface area contributed by atoms with E-state index in [9.17, 15) is 13.2 Å². The summed E-state index contributed by atoms with van der Waals surface area (Å²) in [5.41, 5.74) is 0. The van der Waals surface area contributed by atoms with Crippen LogP contribution in [0.25, 0.3) is 0 Å². The summed E-state index contributed by atoms with van der Waals surface area (Å²) in [7, 11) is -3.17. The summed E-state index contributed by atoms with van der Waals surface area (Å²) in [5.74, 6) is 0.216. The molecule has 0 bridgehead atoms. The molecule has 0 aliphatic carbocycles. The first-order chi connectivity index (χ1) is 6.56. The second-order valence-electron chi connectivity index (χ2n) is 3.65. The van der Waals surface area contributed by atoms with Crippen LogP contribution in [0.15, 0.2) is 0 Å². The van der Waals surface area contributed by atoms with E-state index in [0.717, 1.165) is 6.42 Å². The number of carbonyl (C=O) groups is 1. The Morgan fingerprint density at radius 3 is 2.71 bits per heavy atom. The molecule has 82 valence electrons. The molecule has 1 fully saturated rings. The second kappa shape index (κ2) is 4.89. The zero-order valence-electron chi connectivity index (χ0n) is 8.53. The molecule has 0 aromatic carbocycles. The van der Waals surface area contributed by atoms with Gasteiger partial charge in [-0.2, -0.15) is 4.31 Å². The van der Waals surface area contributed by atoms with E-state index in [0.29, 0.717) is 25.8 Å². The SMILES string of the molecule is CCCCS(=O)(=O)N1CCCC(=O)C1. The Morgan fingerprint density at radius 2 is 2.14 bits per heavy atom. The largest absolute Gasteiger partial charge is 0.298 e. The lowest BCUT2D eigenvalue weighted by molar-refractivity contribution is -0.120. The van der Waals surface area contributed by atoms with Gasteiger partial charge in [0.1, 0.15) is 5.78 Å². The molecule has 0 aromatic rings. The summed E-state index contributed by atoms with van der Waals surface area (Å²) in [4.78, 5) is 11.1. The summed E-state index contributed by atoms with van der Waals surface area (Å²) < 4.78 is 24.7. The van der Waals surface area contributed by atoms with Crippen molar-refractivity contribution in [2.45, 2.75) is 32.6 Å². The van der Waals surface area contributed by atoms with Crippen molar-refractivity contribution < 1.29 is 13.2 Å². The molecule has 0 amide bonds. The predicted molar refractivity (Wildman–Crippen MR) is 54.5 cm³/mol. The third-order valence-electron chi connectivity index (χ3n) is 2.37. The van der Waals surface area contributed by atoms with Crippen LogP contribution in [-0.2, 0) is 14.8 Å². The van der Waals surface area contributed by atoms with E-state index >= 15 is 0 Å². The number of hydrogen-bond donors (Lipinski definition) is 0. The summed E-state index contributed by atoms with van der Waals surface area (Å²) in [6.07, 6.45) is 2.73. The van der Waals surface area contributed by atoms with E-state index in [-0.39, 0.29) is 18.1 Å². The number of nitrogens with zero attached hydrogens (tertiary/aromatic N) is 1. The maximum absolute atomic E-state index is 11.7.